The predicted molar refractivity (Wildman–Crippen MR) is 73.4 cm³/mol. The van der Waals surface area contributed by atoms with Gasteiger partial charge in [0.05, 0.1) is 11.6 Å². The third kappa shape index (κ3) is 3.47. The van der Waals surface area contributed by atoms with Gasteiger partial charge in [-0.15, -0.1) is 0 Å². The van der Waals surface area contributed by atoms with Crippen LogP contribution in [0.25, 0.3) is 0 Å². The number of rotatable bonds is 5. The number of aryl methyl sites for hydroxylation is 1. The highest BCUT2D eigenvalue weighted by Crippen LogP contribution is 2.18. The molecule has 0 aromatic carbocycles. The summed E-state index contributed by atoms with van der Waals surface area (Å²) < 4.78 is 32.1. The number of carboxylic acid groups (broad SMARTS) is 1. The molecule has 1 atom stereocenters. The van der Waals surface area contributed by atoms with Crippen LogP contribution in [0.1, 0.15) is 34.8 Å². The first-order chi connectivity index (χ1) is 9.79. The fraction of sp³-hybridized carbons (Fsp3) is 0.231. The predicted octanol–water partition coefficient (Wildman–Crippen LogP) is 1.72. The molecule has 0 fully saturated rings. The Morgan fingerprint density at radius 2 is 2.05 bits per heavy atom. The summed E-state index contributed by atoms with van der Waals surface area (Å²) >= 11 is 0. The van der Waals surface area contributed by atoms with Crippen LogP contribution >= 0.6 is 0 Å². The number of sulfonamides is 1. The summed E-state index contributed by atoms with van der Waals surface area (Å²) in [5.74, 6) is -0.00273. The van der Waals surface area contributed by atoms with Crippen LogP contribution in [0.15, 0.2) is 39.9 Å². The second kappa shape index (κ2) is 5.66. The number of pyridine rings is 1. The number of carbonyl (C=O) groups is 1. The van der Waals surface area contributed by atoms with Crippen molar-refractivity contribution in [2.24, 2.45) is 0 Å². The second-order valence-electron chi connectivity index (χ2n) is 4.48. The van der Waals surface area contributed by atoms with E-state index in [1.165, 1.54) is 6.07 Å². The normalized spacial score (nSPS) is 13.0. The average molecular weight is 310 g/mol. The molecule has 0 radical (unpaired) electrons. The van der Waals surface area contributed by atoms with Gasteiger partial charge in [-0.1, -0.05) is 0 Å². The van der Waals surface area contributed by atoms with E-state index in [4.69, 9.17) is 9.52 Å². The van der Waals surface area contributed by atoms with Crippen molar-refractivity contribution in [1.29, 1.82) is 0 Å². The van der Waals surface area contributed by atoms with E-state index in [1.807, 2.05) is 0 Å². The lowest BCUT2D eigenvalue weighted by Crippen LogP contribution is -2.27. The van der Waals surface area contributed by atoms with E-state index in [2.05, 4.69) is 9.71 Å². The van der Waals surface area contributed by atoms with Gasteiger partial charge in [0, 0.05) is 6.20 Å². The summed E-state index contributed by atoms with van der Waals surface area (Å²) in [6, 6.07) is 5.19. The summed E-state index contributed by atoms with van der Waals surface area (Å²) in [6.45, 7) is 3.40. The molecule has 1 unspecified atom stereocenters. The topological polar surface area (TPSA) is 110 Å². The van der Waals surface area contributed by atoms with Gasteiger partial charge in [-0.05, 0) is 38.1 Å². The minimum absolute atomic E-state index is 0.0799. The van der Waals surface area contributed by atoms with Gasteiger partial charge in [0.1, 0.15) is 11.5 Å². The molecule has 2 N–H and O–H groups in total. The maximum Gasteiger partial charge on any atom is 0.337 e. The van der Waals surface area contributed by atoms with Gasteiger partial charge in [-0.2, -0.15) is 4.72 Å². The minimum atomic E-state index is -3.85. The molecular formula is C13H14N2O5S. The van der Waals surface area contributed by atoms with Crippen molar-refractivity contribution >= 4 is 16.0 Å². The Hall–Kier alpha value is -2.19. The zero-order chi connectivity index (χ0) is 15.6. The molecule has 7 nitrogen and oxygen atoms in total. The fourth-order valence-corrected chi connectivity index (χ4v) is 2.84. The maximum absolute atomic E-state index is 12.1. The Morgan fingerprint density at radius 1 is 1.33 bits per heavy atom. The third-order valence-electron chi connectivity index (χ3n) is 2.78. The van der Waals surface area contributed by atoms with Gasteiger partial charge in [0.25, 0.3) is 10.0 Å². The van der Waals surface area contributed by atoms with E-state index in [9.17, 15) is 13.2 Å². The molecular weight excluding hydrogens is 296 g/mol. The average Bonchev–Trinajstić information content (AvgIpc) is 2.85. The third-order valence-corrected chi connectivity index (χ3v) is 4.23. The lowest BCUT2D eigenvalue weighted by molar-refractivity contribution is 0.0696. The zero-order valence-electron chi connectivity index (χ0n) is 11.4. The number of aromatic carboxylic acids is 1. The molecule has 0 spiro atoms. The highest BCUT2D eigenvalue weighted by atomic mass is 32.2. The summed E-state index contributed by atoms with van der Waals surface area (Å²) in [7, 11) is -3.85. The molecule has 0 bridgehead atoms. The number of carboxylic acids is 1. The molecule has 2 rings (SSSR count). The number of hydrogen-bond acceptors (Lipinski definition) is 5. The van der Waals surface area contributed by atoms with Crippen LogP contribution in [0.4, 0.5) is 0 Å². The van der Waals surface area contributed by atoms with Gasteiger partial charge in [-0.25, -0.2) is 18.2 Å². The van der Waals surface area contributed by atoms with Crippen LogP contribution in [-0.2, 0) is 10.0 Å². The molecule has 8 heteroatoms. The first-order valence-corrected chi connectivity index (χ1v) is 7.56. The van der Waals surface area contributed by atoms with Gasteiger partial charge >= 0.3 is 5.97 Å². The Balaban J connectivity index is 2.19. The molecule has 0 saturated heterocycles. The Morgan fingerprint density at radius 3 is 2.52 bits per heavy atom. The standard InChI is InChI=1S/C13H14N2O5S/c1-8-3-5-11(20-8)9(2)15-21(18,19)12-6-4-10(7-14-12)13(16)17/h3-7,9,15H,1-2H3,(H,16,17). The number of aromatic nitrogens is 1. The van der Waals surface area contributed by atoms with Crippen LogP contribution in [0.5, 0.6) is 0 Å². The van der Waals surface area contributed by atoms with Crippen LogP contribution in [0.3, 0.4) is 0 Å². The van der Waals surface area contributed by atoms with Crippen molar-refractivity contribution in [2.75, 3.05) is 0 Å². The Bertz CT molecular complexity index is 749. The fourth-order valence-electron chi connectivity index (χ4n) is 1.70. The molecule has 112 valence electrons. The Kier molecular flexibility index (Phi) is 4.10. The van der Waals surface area contributed by atoms with Crippen molar-refractivity contribution < 1.29 is 22.7 Å². The molecule has 2 aromatic heterocycles. The SMILES string of the molecule is Cc1ccc(C(C)NS(=O)(=O)c2ccc(C(=O)O)cn2)o1. The second-order valence-corrected chi connectivity index (χ2v) is 6.14. The molecule has 21 heavy (non-hydrogen) atoms. The van der Waals surface area contributed by atoms with Crippen molar-refractivity contribution in [3.63, 3.8) is 0 Å². The lowest BCUT2D eigenvalue weighted by atomic mass is 10.3. The van der Waals surface area contributed by atoms with E-state index < -0.39 is 22.0 Å². The first-order valence-electron chi connectivity index (χ1n) is 6.07. The van der Waals surface area contributed by atoms with Crippen LogP contribution in [0.2, 0.25) is 0 Å². The summed E-state index contributed by atoms with van der Waals surface area (Å²) in [6.07, 6.45) is 0.999. The summed E-state index contributed by atoms with van der Waals surface area (Å²) in [4.78, 5) is 14.4. The van der Waals surface area contributed by atoms with Gasteiger partial charge in [-0.3, -0.25) is 0 Å². The molecule has 2 aromatic rings. The van der Waals surface area contributed by atoms with E-state index in [1.54, 1.807) is 26.0 Å². The van der Waals surface area contributed by atoms with E-state index in [-0.39, 0.29) is 10.6 Å². The van der Waals surface area contributed by atoms with Crippen molar-refractivity contribution in [2.45, 2.75) is 24.9 Å². The number of nitrogens with zero attached hydrogens (tertiary/aromatic N) is 1. The molecule has 0 aliphatic rings. The summed E-state index contributed by atoms with van der Waals surface area (Å²) in [5.41, 5.74) is -0.0799. The maximum atomic E-state index is 12.1. The molecule has 2 heterocycles. The lowest BCUT2D eigenvalue weighted by Gasteiger charge is -2.11. The number of nitrogens with one attached hydrogen (secondary N) is 1. The Labute approximate surface area is 121 Å². The van der Waals surface area contributed by atoms with Gasteiger partial charge in [0.2, 0.25) is 0 Å². The number of hydrogen-bond donors (Lipinski definition) is 2. The quantitative estimate of drug-likeness (QED) is 0.870. The molecule has 0 saturated carbocycles. The monoisotopic (exact) mass is 310 g/mol. The molecule has 0 aliphatic carbocycles. The summed E-state index contributed by atoms with van der Waals surface area (Å²) in [5, 5.41) is 8.51. The van der Waals surface area contributed by atoms with E-state index in [0.717, 1.165) is 12.3 Å². The van der Waals surface area contributed by atoms with Crippen molar-refractivity contribution in [1.82, 2.24) is 9.71 Å². The van der Waals surface area contributed by atoms with Gasteiger partial charge in [0.15, 0.2) is 5.03 Å². The van der Waals surface area contributed by atoms with E-state index in [0.29, 0.717) is 11.5 Å². The van der Waals surface area contributed by atoms with Crippen molar-refractivity contribution in [3.05, 3.63) is 47.5 Å². The van der Waals surface area contributed by atoms with Crippen LogP contribution in [0, 0.1) is 6.92 Å². The largest absolute Gasteiger partial charge is 0.478 e. The first kappa shape index (κ1) is 15.2. The highest BCUT2D eigenvalue weighted by Gasteiger charge is 2.21. The van der Waals surface area contributed by atoms with E-state index >= 15 is 0 Å². The molecule has 0 amide bonds. The molecule has 0 aliphatic heterocycles. The van der Waals surface area contributed by atoms with Crippen LogP contribution < -0.4 is 4.72 Å². The van der Waals surface area contributed by atoms with Gasteiger partial charge < -0.3 is 9.52 Å². The smallest absolute Gasteiger partial charge is 0.337 e. The van der Waals surface area contributed by atoms with Crippen molar-refractivity contribution in [3.8, 4) is 0 Å². The minimum Gasteiger partial charge on any atom is -0.478 e. The number of furan rings is 1. The highest BCUT2D eigenvalue weighted by molar-refractivity contribution is 7.89. The zero-order valence-corrected chi connectivity index (χ0v) is 12.2. The van der Waals surface area contributed by atoms with Crippen LogP contribution in [-0.4, -0.2) is 24.5 Å².